The van der Waals surface area contributed by atoms with Crippen LogP contribution < -0.4 is 5.73 Å². The maximum atomic E-state index is 10.4. The highest BCUT2D eigenvalue weighted by atomic mass is 16.6. The Morgan fingerprint density at radius 3 is 2.86 bits per heavy atom. The average molecular weight is 199 g/mol. The second-order valence-electron chi connectivity index (χ2n) is 2.79. The molecule has 76 valence electrons. The molecule has 0 bridgehead atoms. The fourth-order valence-corrected chi connectivity index (χ4v) is 0.976. The highest BCUT2D eigenvalue weighted by Crippen LogP contribution is 2.12. The van der Waals surface area contributed by atoms with E-state index in [-0.39, 0.29) is 12.1 Å². The minimum Gasteiger partial charge on any atom is -0.480 e. The summed E-state index contributed by atoms with van der Waals surface area (Å²) in [5.74, 6) is -1.14. The Balaban J connectivity index is 2.69. The molecule has 1 aromatic heterocycles. The summed E-state index contributed by atoms with van der Waals surface area (Å²) in [6, 6.07) is 0.219. The lowest BCUT2D eigenvalue weighted by Crippen LogP contribution is -2.32. The van der Waals surface area contributed by atoms with Gasteiger partial charge in [0.1, 0.15) is 6.04 Å². The molecule has 1 atom stereocenters. The first-order chi connectivity index (χ1) is 6.50. The second-order valence-corrected chi connectivity index (χ2v) is 2.79. The van der Waals surface area contributed by atoms with Crippen LogP contribution in [0.1, 0.15) is 5.69 Å². The predicted octanol–water partition coefficient (Wildman–Crippen LogP) is -0.123. The molecule has 1 aromatic rings. The monoisotopic (exact) mass is 199 g/mol. The Labute approximate surface area is 78.7 Å². The third-order valence-electron chi connectivity index (χ3n) is 1.70. The number of aliphatic carboxylic acids is 1. The summed E-state index contributed by atoms with van der Waals surface area (Å²) in [6.07, 6.45) is 1.24. The van der Waals surface area contributed by atoms with E-state index in [1.54, 1.807) is 0 Å². The lowest BCUT2D eigenvalue weighted by atomic mass is 10.2. The molecule has 0 saturated carbocycles. The lowest BCUT2D eigenvalue weighted by molar-refractivity contribution is -0.384. The summed E-state index contributed by atoms with van der Waals surface area (Å²) in [5.41, 5.74) is 5.58. The number of nitrogens with zero attached hydrogens (tertiary/aromatic N) is 1. The molecule has 0 saturated heterocycles. The normalized spacial score (nSPS) is 12.4. The van der Waals surface area contributed by atoms with Crippen molar-refractivity contribution in [2.24, 2.45) is 5.73 Å². The van der Waals surface area contributed by atoms with Crippen LogP contribution >= 0.6 is 0 Å². The van der Waals surface area contributed by atoms with Gasteiger partial charge in [-0.05, 0) is 0 Å². The van der Waals surface area contributed by atoms with Crippen LogP contribution in [0.5, 0.6) is 0 Å². The van der Waals surface area contributed by atoms with Gasteiger partial charge < -0.3 is 15.8 Å². The van der Waals surface area contributed by atoms with Gasteiger partial charge in [-0.3, -0.25) is 14.9 Å². The Kier molecular flexibility index (Phi) is 2.82. The van der Waals surface area contributed by atoms with Crippen LogP contribution in [0.4, 0.5) is 5.69 Å². The van der Waals surface area contributed by atoms with Gasteiger partial charge in [0.05, 0.1) is 11.1 Å². The fraction of sp³-hybridized carbons (Fsp3) is 0.286. The number of nitro groups is 1. The first-order valence-corrected chi connectivity index (χ1v) is 3.80. The Morgan fingerprint density at radius 1 is 1.79 bits per heavy atom. The predicted molar refractivity (Wildman–Crippen MR) is 46.8 cm³/mol. The average Bonchev–Trinajstić information content (AvgIpc) is 2.52. The maximum absolute atomic E-state index is 10.4. The third kappa shape index (κ3) is 2.30. The summed E-state index contributed by atoms with van der Waals surface area (Å²) in [7, 11) is 0. The zero-order valence-corrected chi connectivity index (χ0v) is 7.14. The molecule has 0 aliphatic heterocycles. The molecular weight excluding hydrogens is 190 g/mol. The van der Waals surface area contributed by atoms with Crippen molar-refractivity contribution < 1.29 is 14.8 Å². The van der Waals surface area contributed by atoms with E-state index in [9.17, 15) is 14.9 Å². The second kappa shape index (κ2) is 3.88. The molecule has 0 aliphatic rings. The molecule has 1 rings (SSSR count). The topological polar surface area (TPSA) is 122 Å². The van der Waals surface area contributed by atoms with Crippen molar-refractivity contribution in [3.8, 4) is 0 Å². The van der Waals surface area contributed by atoms with Gasteiger partial charge in [-0.25, -0.2) is 0 Å². The van der Waals surface area contributed by atoms with Crippen molar-refractivity contribution in [3.05, 3.63) is 28.1 Å². The highest BCUT2D eigenvalue weighted by Gasteiger charge is 2.15. The van der Waals surface area contributed by atoms with Gasteiger partial charge in [0, 0.05) is 18.2 Å². The molecule has 0 amide bonds. The quantitative estimate of drug-likeness (QED) is 0.460. The Bertz CT molecular complexity index is 360. The first kappa shape index (κ1) is 10.2. The number of H-pyrrole nitrogens is 1. The van der Waals surface area contributed by atoms with Crippen LogP contribution in [0.15, 0.2) is 12.3 Å². The zero-order chi connectivity index (χ0) is 10.7. The summed E-state index contributed by atoms with van der Waals surface area (Å²) in [4.78, 5) is 22.7. The number of aromatic amines is 1. The molecule has 0 spiro atoms. The molecule has 0 aromatic carbocycles. The highest BCUT2D eigenvalue weighted by molar-refractivity contribution is 5.73. The van der Waals surface area contributed by atoms with Crippen molar-refractivity contribution in [1.82, 2.24) is 4.98 Å². The van der Waals surface area contributed by atoms with Gasteiger partial charge in [-0.15, -0.1) is 0 Å². The van der Waals surface area contributed by atoms with E-state index in [1.165, 1.54) is 12.3 Å². The number of aromatic nitrogens is 1. The number of nitrogens with two attached hydrogens (primary N) is 1. The molecule has 0 aliphatic carbocycles. The minimum atomic E-state index is -1.14. The fourth-order valence-electron chi connectivity index (χ4n) is 0.976. The van der Waals surface area contributed by atoms with Crippen molar-refractivity contribution >= 4 is 11.7 Å². The van der Waals surface area contributed by atoms with Gasteiger partial charge in [0.15, 0.2) is 0 Å². The van der Waals surface area contributed by atoms with Crippen LogP contribution in [-0.4, -0.2) is 27.0 Å². The minimum absolute atomic E-state index is 0.0448. The number of hydrogen-bond donors (Lipinski definition) is 3. The number of carboxylic acids is 1. The van der Waals surface area contributed by atoms with E-state index in [0.29, 0.717) is 5.69 Å². The van der Waals surface area contributed by atoms with E-state index < -0.39 is 16.9 Å². The SMILES string of the molecule is NC(Cc1cc([N+](=O)[O-])c[nH]1)C(=O)O. The third-order valence-corrected chi connectivity index (χ3v) is 1.70. The van der Waals surface area contributed by atoms with Gasteiger partial charge in [0.2, 0.25) is 0 Å². The van der Waals surface area contributed by atoms with E-state index in [2.05, 4.69) is 4.98 Å². The van der Waals surface area contributed by atoms with Crippen LogP contribution in [0, 0.1) is 10.1 Å². The van der Waals surface area contributed by atoms with Crippen LogP contribution in [0.2, 0.25) is 0 Å². The summed E-state index contributed by atoms with van der Waals surface area (Å²) in [6.45, 7) is 0. The van der Waals surface area contributed by atoms with E-state index in [1.807, 2.05) is 0 Å². The number of carboxylic acid groups (broad SMARTS) is 1. The van der Waals surface area contributed by atoms with E-state index >= 15 is 0 Å². The van der Waals surface area contributed by atoms with Crippen molar-refractivity contribution in [1.29, 1.82) is 0 Å². The molecule has 1 unspecified atom stereocenters. The maximum Gasteiger partial charge on any atom is 0.320 e. The van der Waals surface area contributed by atoms with Crippen molar-refractivity contribution in [3.63, 3.8) is 0 Å². The molecule has 0 radical (unpaired) electrons. The molecule has 7 nitrogen and oxygen atoms in total. The number of rotatable bonds is 4. The Morgan fingerprint density at radius 2 is 2.43 bits per heavy atom. The molecule has 7 heteroatoms. The molecule has 1 heterocycles. The molecule has 4 N–H and O–H groups in total. The molecule has 0 fully saturated rings. The van der Waals surface area contributed by atoms with E-state index in [4.69, 9.17) is 10.8 Å². The molecule has 14 heavy (non-hydrogen) atoms. The van der Waals surface area contributed by atoms with Gasteiger partial charge in [0.25, 0.3) is 5.69 Å². The summed E-state index contributed by atoms with van der Waals surface area (Å²) in [5, 5.41) is 18.8. The van der Waals surface area contributed by atoms with Gasteiger partial charge >= 0.3 is 5.97 Å². The van der Waals surface area contributed by atoms with Gasteiger partial charge in [-0.2, -0.15) is 0 Å². The first-order valence-electron chi connectivity index (χ1n) is 3.80. The van der Waals surface area contributed by atoms with Crippen molar-refractivity contribution in [2.45, 2.75) is 12.5 Å². The van der Waals surface area contributed by atoms with E-state index in [0.717, 1.165) is 0 Å². The lowest BCUT2D eigenvalue weighted by Gasteiger charge is -2.02. The largest absolute Gasteiger partial charge is 0.480 e. The van der Waals surface area contributed by atoms with Gasteiger partial charge in [-0.1, -0.05) is 0 Å². The zero-order valence-electron chi connectivity index (χ0n) is 7.14. The van der Waals surface area contributed by atoms with Crippen molar-refractivity contribution in [2.75, 3.05) is 0 Å². The number of nitrogens with one attached hydrogen (secondary N) is 1. The smallest absolute Gasteiger partial charge is 0.320 e. The summed E-state index contributed by atoms with van der Waals surface area (Å²) >= 11 is 0. The number of hydrogen-bond acceptors (Lipinski definition) is 4. The molecular formula is C7H9N3O4. The van der Waals surface area contributed by atoms with Crippen LogP contribution in [-0.2, 0) is 11.2 Å². The number of carbonyl (C=O) groups is 1. The van der Waals surface area contributed by atoms with Crippen LogP contribution in [0.25, 0.3) is 0 Å². The Hall–Kier alpha value is -1.89. The summed E-state index contributed by atoms with van der Waals surface area (Å²) < 4.78 is 0. The van der Waals surface area contributed by atoms with Crippen LogP contribution in [0.3, 0.4) is 0 Å². The standard InChI is InChI=1S/C7H9N3O4/c8-6(7(11)12)2-4-1-5(3-9-4)10(13)14/h1,3,6,9H,2,8H2,(H,11,12).